The molecule has 0 bridgehead atoms. The van der Waals surface area contributed by atoms with Crippen LogP contribution in [0.5, 0.6) is 0 Å². The normalized spacial score (nSPS) is 16.4. The lowest BCUT2D eigenvalue weighted by Gasteiger charge is -2.32. The lowest BCUT2D eigenvalue weighted by atomic mass is 9.97. The van der Waals surface area contributed by atoms with Crippen LogP contribution in [-0.2, 0) is 11.3 Å². The van der Waals surface area contributed by atoms with E-state index in [1.54, 1.807) is 24.1 Å². The van der Waals surface area contributed by atoms with Crippen molar-refractivity contribution in [3.8, 4) is 0 Å². The van der Waals surface area contributed by atoms with Gasteiger partial charge in [-0.15, -0.1) is 0 Å². The van der Waals surface area contributed by atoms with Crippen LogP contribution in [-0.4, -0.2) is 49.4 Å². The van der Waals surface area contributed by atoms with E-state index >= 15 is 0 Å². The van der Waals surface area contributed by atoms with Crippen LogP contribution in [0.2, 0.25) is 0 Å². The molecule has 0 atom stereocenters. The van der Waals surface area contributed by atoms with Gasteiger partial charge < -0.3 is 19.5 Å². The number of hydrogen-bond acceptors (Lipinski definition) is 5. The summed E-state index contributed by atoms with van der Waals surface area (Å²) in [5, 5.41) is 3.42. The summed E-state index contributed by atoms with van der Waals surface area (Å²) in [5.74, 6) is 1.28. The molecule has 1 aromatic rings. The lowest BCUT2D eigenvalue weighted by molar-refractivity contribution is 0.196. The molecular formula is C15H26N4O2. The zero-order valence-electron chi connectivity index (χ0n) is 13.0. The highest BCUT2D eigenvalue weighted by molar-refractivity contribution is 5.36. The van der Waals surface area contributed by atoms with E-state index in [4.69, 9.17) is 4.74 Å². The first kappa shape index (κ1) is 16.0. The maximum Gasteiger partial charge on any atom is 0.293 e. The van der Waals surface area contributed by atoms with Gasteiger partial charge in [0.05, 0.1) is 6.61 Å². The van der Waals surface area contributed by atoms with Crippen molar-refractivity contribution in [1.82, 2.24) is 14.9 Å². The predicted octanol–water partition coefficient (Wildman–Crippen LogP) is 0.716. The number of aromatic nitrogens is 2. The summed E-state index contributed by atoms with van der Waals surface area (Å²) in [6.45, 7) is 7.16. The Hall–Kier alpha value is -1.40. The van der Waals surface area contributed by atoms with Crippen molar-refractivity contribution in [2.75, 3.05) is 44.8 Å². The Kier molecular flexibility index (Phi) is 6.20. The summed E-state index contributed by atoms with van der Waals surface area (Å²) >= 11 is 0. The van der Waals surface area contributed by atoms with E-state index in [2.05, 4.69) is 15.2 Å². The Labute approximate surface area is 126 Å². The molecule has 1 N–H and O–H groups in total. The summed E-state index contributed by atoms with van der Waals surface area (Å²) < 4.78 is 6.73. The maximum atomic E-state index is 12.3. The lowest BCUT2D eigenvalue weighted by Crippen LogP contribution is -2.41. The first-order chi connectivity index (χ1) is 10.3. The molecule has 1 aliphatic heterocycles. The van der Waals surface area contributed by atoms with Crippen LogP contribution in [0.3, 0.4) is 0 Å². The molecule has 0 aromatic carbocycles. The number of nitrogens with one attached hydrogen (secondary N) is 1. The molecule has 0 aliphatic carbocycles. The minimum absolute atomic E-state index is 0.0247. The average Bonchev–Trinajstić information content (AvgIpc) is 2.53. The van der Waals surface area contributed by atoms with Gasteiger partial charge in [0.25, 0.3) is 5.56 Å². The Balaban J connectivity index is 1.85. The summed E-state index contributed by atoms with van der Waals surface area (Å²) in [6, 6.07) is 0. The van der Waals surface area contributed by atoms with Crippen molar-refractivity contribution in [2.45, 2.75) is 26.3 Å². The van der Waals surface area contributed by atoms with Crippen LogP contribution in [0.1, 0.15) is 19.8 Å². The van der Waals surface area contributed by atoms with Crippen molar-refractivity contribution in [2.24, 2.45) is 5.92 Å². The molecule has 6 heteroatoms. The molecule has 2 heterocycles. The zero-order valence-corrected chi connectivity index (χ0v) is 13.0. The number of anilines is 1. The number of nitrogens with zero attached hydrogens (tertiary/aromatic N) is 3. The number of aryl methyl sites for hydroxylation is 1. The smallest absolute Gasteiger partial charge is 0.293 e. The summed E-state index contributed by atoms with van der Waals surface area (Å²) in [4.78, 5) is 18.7. The largest absolute Gasteiger partial charge is 0.383 e. The van der Waals surface area contributed by atoms with Gasteiger partial charge in [-0.25, -0.2) is 4.98 Å². The first-order valence-corrected chi connectivity index (χ1v) is 7.76. The van der Waals surface area contributed by atoms with Crippen molar-refractivity contribution in [3.05, 3.63) is 22.7 Å². The monoisotopic (exact) mass is 294 g/mol. The van der Waals surface area contributed by atoms with E-state index in [0.29, 0.717) is 18.3 Å². The van der Waals surface area contributed by atoms with E-state index in [1.165, 1.54) is 0 Å². The second-order valence-electron chi connectivity index (χ2n) is 5.47. The Bertz CT molecular complexity index is 481. The summed E-state index contributed by atoms with van der Waals surface area (Å²) in [7, 11) is 1.72. The fraction of sp³-hybridized carbons (Fsp3) is 0.733. The predicted molar refractivity (Wildman–Crippen MR) is 83.9 cm³/mol. The average molecular weight is 294 g/mol. The van der Waals surface area contributed by atoms with Gasteiger partial charge in [-0.3, -0.25) is 4.79 Å². The Morgan fingerprint density at radius 3 is 2.86 bits per heavy atom. The van der Waals surface area contributed by atoms with E-state index in [0.717, 1.165) is 45.6 Å². The third-order valence-corrected chi connectivity index (χ3v) is 4.07. The maximum absolute atomic E-state index is 12.3. The minimum atomic E-state index is 0.0247. The molecule has 0 spiro atoms. The van der Waals surface area contributed by atoms with Crippen molar-refractivity contribution in [1.29, 1.82) is 0 Å². The van der Waals surface area contributed by atoms with Crippen LogP contribution in [0.25, 0.3) is 0 Å². The van der Waals surface area contributed by atoms with Crippen LogP contribution in [0.4, 0.5) is 5.82 Å². The molecule has 1 aromatic heterocycles. The van der Waals surface area contributed by atoms with Crippen molar-refractivity contribution < 1.29 is 4.74 Å². The van der Waals surface area contributed by atoms with Gasteiger partial charge in [-0.1, -0.05) is 0 Å². The molecule has 1 aliphatic rings. The molecule has 0 radical (unpaired) electrons. The number of rotatable bonds is 7. The Morgan fingerprint density at radius 2 is 2.19 bits per heavy atom. The number of methoxy groups -OCH3 is 1. The molecule has 118 valence electrons. The molecular weight excluding hydrogens is 268 g/mol. The van der Waals surface area contributed by atoms with Gasteiger partial charge >= 0.3 is 0 Å². The van der Waals surface area contributed by atoms with Crippen LogP contribution in [0.15, 0.2) is 17.2 Å². The Morgan fingerprint density at radius 1 is 1.43 bits per heavy atom. The number of hydrogen-bond donors (Lipinski definition) is 1. The standard InChI is InChI=1S/C15H26N4O2/c1-3-18-10-6-17-14(15(18)20)19-8-4-13(5-9-19)12-16-7-11-21-2/h6,10,13,16H,3-5,7-9,11-12H2,1-2H3. The molecule has 1 fully saturated rings. The van der Waals surface area contributed by atoms with E-state index < -0.39 is 0 Å². The zero-order chi connectivity index (χ0) is 15.1. The van der Waals surface area contributed by atoms with Gasteiger partial charge in [-0.05, 0) is 32.2 Å². The first-order valence-electron chi connectivity index (χ1n) is 7.76. The van der Waals surface area contributed by atoms with E-state index in [9.17, 15) is 4.79 Å². The second kappa shape index (κ2) is 8.14. The van der Waals surface area contributed by atoms with Crippen molar-refractivity contribution in [3.63, 3.8) is 0 Å². The fourth-order valence-electron chi connectivity index (χ4n) is 2.73. The second-order valence-corrected chi connectivity index (χ2v) is 5.47. The topological polar surface area (TPSA) is 59.4 Å². The van der Waals surface area contributed by atoms with Crippen LogP contribution < -0.4 is 15.8 Å². The molecule has 6 nitrogen and oxygen atoms in total. The molecule has 2 rings (SSSR count). The van der Waals surface area contributed by atoms with E-state index in [-0.39, 0.29) is 5.56 Å². The van der Waals surface area contributed by atoms with Gasteiger partial charge in [0.15, 0.2) is 5.82 Å². The SMILES string of the molecule is CCn1ccnc(N2CCC(CNCCOC)CC2)c1=O. The quantitative estimate of drug-likeness (QED) is 0.751. The van der Waals surface area contributed by atoms with Crippen LogP contribution >= 0.6 is 0 Å². The summed E-state index contributed by atoms with van der Waals surface area (Å²) in [6.07, 6.45) is 5.67. The number of ether oxygens (including phenoxy) is 1. The van der Waals surface area contributed by atoms with E-state index in [1.807, 2.05) is 6.92 Å². The van der Waals surface area contributed by atoms with Gasteiger partial charge in [0.1, 0.15) is 0 Å². The molecule has 0 amide bonds. The third-order valence-electron chi connectivity index (χ3n) is 4.07. The van der Waals surface area contributed by atoms with Gasteiger partial charge in [0.2, 0.25) is 0 Å². The highest BCUT2D eigenvalue weighted by atomic mass is 16.5. The molecule has 1 saturated heterocycles. The third kappa shape index (κ3) is 4.28. The van der Waals surface area contributed by atoms with Gasteiger partial charge in [-0.2, -0.15) is 0 Å². The van der Waals surface area contributed by atoms with Gasteiger partial charge in [0, 0.05) is 45.7 Å². The molecule has 0 saturated carbocycles. The van der Waals surface area contributed by atoms with Crippen LogP contribution in [0, 0.1) is 5.92 Å². The summed E-state index contributed by atoms with van der Waals surface area (Å²) in [5.41, 5.74) is 0.0247. The molecule has 0 unspecified atom stereocenters. The van der Waals surface area contributed by atoms with Crippen molar-refractivity contribution >= 4 is 5.82 Å². The molecule has 21 heavy (non-hydrogen) atoms. The minimum Gasteiger partial charge on any atom is -0.383 e. The number of piperidine rings is 1. The fourth-order valence-corrected chi connectivity index (χ4v) is 2.73. The highest BCUT2D eigenvalue weighted by Gasteiger charge is 2.21. The highest BCUT2D eigenvalue weighted by Crippen LogP contribution is 2.19.